The van der Waals surface area contributed by atoms with Gasteiger partial charge >= 0.3 is 6.03 Å². The van der Waals surface area contributed by atoms with Gasteiger partial charge in [0.1, 0.15) is 0 Å². The highest BCUT2D eigenvalue weighted by Crippen LogP contribution is 2.44. The van der Waals surface area contributed by atoms with Crippen molar-refractivity contribution >= 4 is 17.6 Å². The number of benzene rings is 1. The van der Waals surface area contributed by atoms with Gasteiger partial charge in [-0.15, -0.1) is 0 Å². The molecule has 2 saturated heterocycles. The van der Waals surface area contributed by atoms with Gasteiger partial charge in [0, 0.05) is 32.4 Å². The van der Waals surface area contributed by atoms with Crippen molar-refractivity contribution < 1.29 is 9.59 Å². The number of hydrogen-bond donors (Lipinski definition) is 1. The number of carbonyl (C=O) groups excluding carboxylic acids is 2. The van der Waals surface area contributed by atoms with E-state index in [2.05, 4.69) is 11.4 Å². The largest absolute Gasteiger partial charge is 0.345 e. The molecule has 3 fully saturated rings. The fraction of sp³-hybridized carbons (Fsp3) is 0.579. The van der Waals surface area contributed by atoms with E-state index in [1.807, 2.05) is 35.0 Å². The summed E-state index contributed by atoms with van der Waals surface area (Å²) in [5.41, 5.74) is 1.83. The number of likely N-dealkylation sites (tertiary alicyclic amines) is 2. The summed E-state index contributed by atoms with van der Waals surface area (Å²) in [5, 5.41) is 3.08. The molecule has 5 heteroatoms. The summed E-state index contributed by atoms with van der Waals surface area (Å²) >= 11 is 0. The smallest absolute Gasteiger partial charge is 0.321 e. The SMILES string of the molecule is CN1CCC[C@]2(CCN(C(=O)Nc3ccccc3C3CC3)C2)C1=O. The summed E-state index contributed by atoms with van der Waals surface area (Å²) in [5.74, 6) is 0.808. The van der Waals surface area contributed by atoms with E-state index in [9.17, 15) is 9.59 Å². The first-order chi connectivity index (χ1) is 11.6. The Labute approximate surface area is 143 Å². The number of amides is 3. The second kappa shape index (κ2) is 5.80. The van der Waals surface area contributed by atoms with Crippen LogP contribution in [-0.2, 0) is 4.79 Å². The molecule has 1 spiro atoms. The summed E-state index contributed by atoms with van der Waals surface area (Å²) in [6, 6.07) is 8.02. The average Bonchev–Trinajstić information content (AvgIpc) is 3.34. The fourth-order valence-electron chi connectivity index (χ4n) is 4.25. The summed E-state index contributed by atoms with van der Waals surface area (Å²) in [6.45, 7) is 2.05. The summed E-state index contributed by atoms with van der Waals surface area (Å²) < 4.78 is 0. The molecule has 128 valence electrons. The van der Waals surface area contributed by atoms with Crippen molar-refractivity contribution in [3.63, 3.8) is 0 Å². The predicted octanol–water partition coefficient (Wildman–Crippen LogP) is 3.04. The Morgan fingerprint density at radius 1 is 1.21 bits per heavy atom. The van der Waals surface area contributed by atoms with Gasteiger partial charge in [0.05, 0.1) is 5.41 Å². The maximum Gasteiger partial charge on any atom is 0.321 e. The zero-order chi connectivity index (χ0) is 16.7. The van der Waals surface area contributed by atoms with Crippen LogP contribution in [0.25, 0.3) is 0 Å². The summed E-state index contributed by atoms with van der Waals surface area (Å²) in [7, 11) is 1.87. The van der Waals surface area contributed by atoms with Gasteiger partial charge in [-0.05, 0) is 49.7 Å². The van der Waals surface area contributed by atoms with Crippen LogP contribution in [0, 0.1) is 5.41 Å². The normalized spacial score (nSPS) is 27.0. The molecule has 1 aromatic rings. The molecule has 2 heterocycles. The van der Waals surface area contributed by atoms with E-state index in [1.165, 1.54) is 18.4 Å². The number of piperidine rings is 1. The molecule has 5 nitrogen and oxygen atoms in total. The third-order valence-electron chi connectivity index (χ3n) is 5.81. The van der Waals surface area contributed by atoms with Crippen LogP contribution in [0.5, 0.6) is 0 Å². The molecule has 0 radical (unpaired) electrons. The molecular formula is C19H25N3O2. The zero-order valence-electron chi connectivity index (χ0n) is 14.3. The summed E-state index contributed by atoms with van der Waals surface area (Å²) in [4.78, 5) is 29.0. The van der Waals surface area contributed by atoms with Gasteiger partial charge in [0.15, 0.2) is 0 Å². The van der Waals surface area contributed by atoms with Crippen molar-refractivity contribution in [3.05, 3.63) is 29.8 Å². The van der Waals surface area contributed by atoms with Crippen LogP contribution in [0.4, 0.5) is 10.5 Å². The monoisotopic (exact) mass is 327 g/mol. The van der Waals surface area contributed by atoms with Crippen LogP contribution in [0.2, 0.25) is 0 Å². The van der Waals surface area contributed by atoms with Crippen LogP contribution in [0.15, 0.2) is 24.3 Å². The number of hydrogen-bond acceptors (Lipinski definition) is 2. The van der Waals surface area contributed by atoms with E-state index in [0.717, 1.165) is 31.5 Å². The van der Waals surface area contributed by atoms with E-state index in [-0.39, 0.29) is 17.4 Å². The first-order valence-electron chi connectivity index (χ1n) is 8.99. The van der Waals surface area contributed by atoms with E-state index >= 15 is 0 Å². The van der Waals surface area contributed by atoms with Gasteiger partial charge in [-0.3, -0.25) is 4.79 Å². The number of para-hydroxylation sites is 1. The lowest BCUT2D eigenvalue weighted by Crippen LogP contribution is -2.49. The molecule has 0 unspecified atom stereocenters. The molecule has 1 aromatic carbocycles. The molecule has 24 heavy (non-hydrogen) atoms. The Hall–Kier alpha value is -2.04. The van der Waals surface area contributed by atoms with Crippen molar-refractivity contribution in [2.75, 3.05) is 32.0 Å². The molecule has 4 rings (SSSR count). The van der Waals surface area contributed by atoms with Crippen molar-refractivity contribution in [1.82, 2.24) is 9.80 Å². The second-order valence-corrected chi connectivity index (χ2v) is 7.57. The maximum atomic E-state index is 12.7. The molecule has 1 aliphatic carbocycles. The lowest BCUT2D eigenvalue weighted by molar-refractivity contribution is -0.143. The number of nitrogens with zero attached hydrogens (tertiary/aromatic N) is 2. The molecule has 1 saturated carbocycles. The number of urea groups is 1. The molecule has 1 N–H and O–H groups in total. The number of carbonyl (C=O) groups is 2. The molecule has 3 aliphatic rings. The lowest BCUT2D eigenvalue weighted by Gasteiger charge is -2.37. The molecule has 0 aromatic heterocycles. The minimum atomic E-state index is -0.347. The predicted molar refractivity (Wildman–Crippen MR) is 92.9 cm³/mol. The Morgan fingerprint density at radius 3 is 2.79 bits per heavy atom. The van der Waals surface area contributed by atoms with Crippen LogP contribution in [-0.4, -0.2) is 48.4 Å². The van der Waals surface area contributed by atoms with Gasteiger partial charge in [0.25, 0.3) is 0 Å². The van der Waals surface area contributed by atoms with E-state index in [0.29, 0.717) is 19.0 Å². The van der Waals surface area contributed by atoms with Crippen LogP contribution in [0.1, 0.15) is 43.6 Å². The Morgan fingerprint density at radius 2 is 2.00 bits per heavy atom. The van der Waals surface area contributed by atoms with Gasteiger partial charge in [-0.25, -0.2) is 4.79 Å². The van der Waals surface area contributed by atoms with Gasteiger partial charge in [-0.2, -0.15) is 0 Å². The fourth-order valence-corrected chi connectivity index (χ4v) is 4.25. The van der Waals surface area contributed by atoms with Crippen molar-refractivity contribution in [1.29, 1.82) is 0 Å². The van der Waals surface area contributed by atoms with Crippen molar-refractivity contribution in [3.8, 4) is 0 Å². The number of nitrogens with one attached hydrogen (secondary N) is 1. The minimum absolute atomic E-state index is 0.0685. The lowest BCUT2D eigenvalue weighted by atomic mass is 9.78. The molecule has 3 amide bonds. The van der Waals surface area contributed by atoms with Gasteiger partial charge < -0.3 is 15.1 Å². The van der Waals surface area contributed by atoms with E-state index < -0.39 is 0 Å². The molecule has 0 bridgehead atoms. The zero-order valence-corrected chi connectivity index (χ0v) is 14.3. The highest BCUT2D eigenvalue weighted by Gasteiger charge is 2.48. The van der Waals surface area contributed by atoms with Gasteiger partial charge in [0.2, 0.25) is 5.91 Å². The number of rotatable bonds is 2. The molecule has 1 atom stereocenters. The quantitative estimate of drug-likeness (QED) is 0.908. The third kappa shape index (κ3) is 2.66. The topological polar surface area (TPSA) is 52.6 Å². The summed E-state index contributed by atoms with van der Waals surface area (Å²) in [6.07, 6.45) is 5.13. The van der Waals surface area contributed by atoms with E-state index in [4.69, 9.17) is 0 Å². The highest BCUT2D eigenvalue weighted by atomic mass is 16.2. The second-order valence-electron chi connectivity index (χ2n) is 7.57. The standard InChI is InChI=1S/C19H25N3O2/c1-21-11-4-9-19(17(21)23)10-12-22(13-19)18(24)20-16-6-3-2-5-15(16)14-7-8-14/h2-3,5-6,14H,4,7-13H2,1H3,(H,20,24)/t19-/m1/s1. The maximum absolute atomic E-state index is 12.7. The first kappa shape index (κ1) is 15.5. The van der Waals surface area contributed by atoms with Crippen molar-refractivity contribution in [2.45, 2.75) is 38.0 Å². The minimum Gasteiger partial charge on any atom is -0.345 e. The van der Waals surface area contributed by atoms with E-state index in [1.54, 1.807) is 0 Å². The van der Waals surface area contributed by atoms with Crippen molar-refractivity contribution in [2.24, 2.45) is 5.41 Å². The Kier molecular flexibility index (Phi) is 3.74. The van der Waals surface area contributed by atoms with Crippen LogP contribution < -0.4 is 5.32 Å². The Balaban J connectivity index is 1.46. The number of anilines is 1. The molecular weight excluding hydrogens is 302 g/mol. The van der Waals surface area contributed by atoms with Crippen LogP contribution in [0.3, 0.4) is 0 Å². The van der Waals surface area contributed by atoms with Gasteiger partial charge in [-0.1, -0.05) is 18.2 Å². The highest BCUT2D eigenvalue weighted by molar-refractivity contribution is 5.92. The van der Waals surface area contributed by atoms with Crippen LogP contribution >= 0.6 is 0 Å². The third-order valence-corrected chi connectivity index (χ3v) is 5.81. The molecule has 2 aliphatic heterocycles. The Bertz CT molecular complexity index is 670. The average molecular weight is 327 g/mol. The first-order valence-corrected chi connectivity index (χ1v) is 8.99.